The molecule has 0 saturated heterocycles. The minimum atomic E-state index is -1.68. The molecule has 9 aromatic rings. The zero-order valence-corrected chi connectivity index (χ0v) is 25.0. The van der Waals surface area contributed by atoms with Gasteiger partial charge in [0.05, 0.1) is 50.7 Å². The van der Waals surface area contributed by atoms with Crippen LogP contribution in [0.5, 0.6) is 0 Å². The average Bonchev–Trinajstić information content (AvgIpc) is 3.75. The highest BCUT2D eigenvalue weighted by Crippen LogP contribution is 2.42. The van der Waals surface area contributed by atoms with Gasteiger partial charge in [0.1, 0.15) is 0 Å². The van der Waals surface area contributed by atoms with Gasteiger partial charge in [0.2, 0.25) is 0 Å². The van der Waals surface area contributed by atoms with Crippen molar-refractivity contribution in [2.24, 2.45) is 0 Å². The third-order valence-corrected chi connectivity index (χ3v) is 10.2. The fourth-order valence-corrected chi connectivity index (χ4v) is 8.32. The SMILES string of the molecule is [C-]#[N+]c1ccc2c(c1)c1ccccc1n2-c1cccc2c1sc1c(B(O)O)cc(-n3c4ccccc4c4cc(C#N)ccc43)cc12. The first kappa shape index (κ1) is 26.5. The first-order chi connectivity index (χ1) is 22.6. The standard InChI is InChI=1S/C38H21BN4O2S/c1-41-23-14-16-35-29(18-23)26-8-3-5-11-33(26)43(35)36-12-6-9-27-30-19-24(20-31(39(44)45)37(30)46-38(27)36)42-32-10-4-2-7-25(32)28-17-22(21-40)13-15-34(28)42/h2-20,44-45H. The second-order valence-electron chi connectivity index (χ2n) is 11.4. The molecular weight excluding hydrogens is 587 g/mol. The molecule has 3 aromatic heterocycles. The number of benzene rings is 6. The van der Waals surface area contributed by atoms with Crippen molar-refractivity contribution in [3.05, 3.63) is 132 Å². The van der Waals surface area contributed by atoms with Crippen LogP contribution in [0.2, 0.25) is 0 Å². The second kappa shape index (κ2) is 9.80. The molecule has 0 radical (unpaired) electrons. The summed E-state index contributed by atoms with van der Waals surface area (Å²) in [6.45, 7) is 7.56. The molecule has 0 aliphatic carbocycles. The molecule has 0 amide bonds. The molecule has 2 N–H and O–H groups in total. The van der Waals surface area contributed by atoms with E-state index in [4.69, 9.17) is 6.57 Å². The Labute approximate surface area is 266 Å². The summed E-state index contributed by atoms with van der Waals surface area (Å²) in [7, 11) is -1.68. The van der Waals surface area contributed by atoms with Crippen LogP contribution < -0.4 is 5.46 Å². The van der Waals surface area contributed by atoms with Crippen LogP contribution in [-0.2, 0) is 0 Å². The Morgan fingerprint density at radius 1 is 0.630 bits per heavy atom. The van der Waals surface area contributed by atoms with Gasteiger partial charge in [-0.05, 0) is 66.0 Å². The van der Waals surface area contributed by atoms with E-state index >= 15 is 0 Å². The molecule has 8 heteroatoms. The molecule has 46 heavy (non-hydrogen) atoms. The minimum absolute atomic E-state index is 0.433. The van der Waals surface area contributed by atoms with E-state index in [0.29, 0.717) is 16.7 Å². The highest BCUT2D eigenvalue weighted by atomic mass is 32.1. The van der Waals surface area contributed by atoms with Gasteiger partial charge in [0, 0.05) is 42.8 Å². The predicted molar refractivity (Wildman–Crippen MR) is 189 cm³/mol. The predicted octanol–water partition coefficient (Wildman–Crippen LogP) is 8.35. The smallest absolute Gasteiger partial charge is 0.423 e. The van der Waals surface area contributed by atoms with Crippen LogP contribution in [0.4, 0.5) is 5.69 Å². The van der Waals surface area contributed by atoms with E-state index in [2.05, 4.69) is 56.4 Å². The summed E-state index contributed by atoms with van der Waals surface area (Å²) in [4.78, 5) is 3.67. The monoisotopic (exact) mass is 608 g/mol. The molecule has 214 valence electrons. The summed E-state index contributed by atoms with van der Waals surface area (Å²) >= 11 is 1.55. The van der Waals surface area contributed by atoms with Crippen LogP contribution in [-0.4, -0.2) is 26.3 Å². The zero-order chi connectivity index (χ0) is 31.1. The highest BCUT2D eigenvalue weighted by molar-refractivity contribution is 7.27. The number of rotatable bonds is 3. The van der Waals surface area contributed by atoms with E-state index in [1.54, 1.807) is 11.3 Å². The molecule has 0 atom stereocenters. The van der Waals surface area contributed by atoms with Crippen LogP contribution >= 0.6 is 11.3 Å². The molecule has 0 unspecified atom stereocenters. The normalized spacial score (nSPS) is 11.7. The quantitative estimate of drug-likeness (QED) is 0.156. The summed E-state index contributed by atoms with van der Waals surface area (Å²) in [5, 5.41) is 37.1. The molecule has 3 heterocycles. The van der Waals surface area contributed by atoms with Gasteiger partial charge in [0.15, 0.2) is 5.69 Å². The fourth-order valence-electron chi connectivity index (χ4n) is 7.00. The largest absolute Gasteiger partial charge is 0.489 e. The number of hydrogen-bond acceptors (Lipinski definition) is 4. The lowest BCUT2D eigenvalue weighted by molar-refractivity contribution is 0.426. The first-order valence-corrected chi connectivity index (χ1v) is 15.6. The van der Waals surface area contributed by atoms with Gasteiger partial charge in [-0.25, -0.2) is 4.85 Å². The average molecular weight is 608 g/mol. The van der Waals surface area contributed by atoms with Crippen molar-refractivity contribution in [3.63, 3.8) is 0 Å². The number of aromatic nitrogens is 2. The minimum Gasteiger partial charge on any atom is -0.423 e. The number of nitriles is 1. The first-order valence-electron chi connectivity index (χ1n) is 14.8. The van der Waals surface area contributed by atoms with Crippen molar-refractivity contribution < 1.29 is 10.0 Å². The molecular formula is C38H21BN4O2S. The van der Waals surface area contributed by atoms with E-state index < -0.39 is 7.12 Å². The molecule has 0 saturated carbocycles. The van der Waals surface area contributed by atoms with E-state index in [9.17, 15) is 15.3 Å². The summed E-state index contributed by atoms with van der Waals surface area (Å²) in [6.07, 6.45) is 0. The van der Waals surface area contributed by atoms with E-state index in [-0.39, 0.29) is 0 Å². The van der Waals surface area contributed by atoms with Gasteiger partial charge in [-0.15, -0.1) is 11.3 Å². The Morgan fingerprint density at radius 2 is 1.28 bits per heavy atom. The Kier molecular flexibility index (Phi) is 5.65. The van der Waals surface area contributed by atoms with Crippen molar-refractivity contribution in [1.82, 2.24) is 9.13 Å². The Balaban J connectivity index is 1.37. The third kappa shape index (κ3) is 3.64. The second-order valence-corrected chi connectivity index (χ2v) is 12.4. The van der Waals surface area contributed by atoms with Crippen LogP contribution in [0.1, 0.15) is 5.56 Å². The lowest BCUT2D eigenvalue weighted by Crippen LogP contribution is -2.30. The van der Waals surface area contributed by atoms with Crippen LogP contribution in [0.15, 0.2) is 115 Å². The number of para-hydroxylation sites is 2. The van der Waals surface area contributed by atoms with Gasteiger partial charge in [-0.1, -0.05) is 54.6 Å². The van der Waals surface area contributed by atoms with Crippen molar-refractivity contribution >= 4 is 93.4 Å². The van der Waals surface area contributed by atoms with Gasteiger partial charge in [-0.2, -0.15) is 5.26 Å². The molecule has 0 bridgehead atoms. The van der Waals surface area contributed by atoms with Crippen molar-refractivity contribution in [2.45, 2.75) is 0 Å². The van der Waals surface area contributed by atoms with Crippen molar-refractivity contribution in [2.75, 3.05) is 0 Å². The summed E-state index contributed by atoms with van der Waals surface area (Å²) in [5.74, 6) is 0. The van der Waals surface area contributed by atoms with Crippen molar-refractivity contribution in [3.8, 4) is 17.4 Å². The summed E-state index contributed by atoms with van der Waals surface area (Å²) < 4.78 is 6.21. The molecule has 6 nitrogen and oxygen atoms in total. The molecule has 0 aliphatic rings. The lowest BCUT2D eigenvalue weighted by atomic mass is 9.79. The number of fused-ring (bicyclic) bond motifs is 9. The highest BCUT2D eigenvalue weighted by Gasteiger charge is 2.24. The molecule has 9 rings (SSSR count). The van der Waals surface area contributed by atoms with Gasteiger partial charge in [0.25, 0.3) is 0 Å². The van der Waals surface area contributed by atoms with Crippen LogP contribution in [0, 0.1) is 17.9 Å². The number of hydrogen-bond donors (Lipinski definition) is 2. The van der Waals surface area contributed by atoms with Crippen LogP contribution in [0.3, 0.4) is 0 Å². The topological polar surface area (TPSA) is 78.5 Å². The number of thiophene rings is 1. The van der Waals surface area contributed by atoms with Crippen LogP contribution in [0.25, 0.3) is 80.0 Å². The van der Waals surface area contributed by atoms with E-state index in [1.165, 1.54) is 0 Å². The van der Waals surface area contributed by atoms with Gasteiger partial charge < -0.3 is 19.2 Å². The maximum atomic E-state index is 10.7. The maximum absolute atomic E-state index is 10.7. The Bertz CT molecular complexity index is 2830. The molecule has 0 spiro atoms. The van der Waals surface area contributed by atoms with Gasteiger partial charge >= 0.3 is 7.12 Å². The van der Waals surface area contributed by atoms with Crippen molar-refractivity contribution in [1.29, 1.82) is 5.26 Å². The number of nitrogens with zero attached hydrogens (tertiary/aromatic N) is 4. The zero-order valence-electron chi connectivity index (χ0n) is 24.1. The fraction of sp³-hybridized carbons (Fsp3) is 0. The molecule has 0 aliphatic heterocycles. The maximum Gasteiger partial charge on any atom is 0.489 e. The Morgan fingerprint density at radius 3 is 2.02 bits per heavy atom. The van der Waals surface area contributed by atoms with E-state index in [1.807, 2.05) is 78.9 Å². The third-order valence-electron chi connectivity index (χ3n) is 8.96. The molecule has 0 fully saturated rings. The Hall–Kier alpha value is -5.90. The summed E-state index contributed by atoms with van der Waals surface area (Å²) in [6, 6.07) is 40.3. The van der Waals surface area contributed by atoms with E-state index in [0.717, 1.165) is 75.2 Å². The summed E-state index contributed by atoms with van der Waals surface area (Å²) in [5.41, 5.74) is 7.35. The van der Waals surface area contributed by atoms with Gasteiger partial charge in [-0.3, -0.25) is 0 Å². The lowest BCUT2D eigenvalue weighted by Gasteiger charge is -2.12. The molecule has 6 aromatic carbocycles.